The fourth-order valence-corrected chi connectivity index (χ4v) is 6.96. The number of phosphoric acid groups is 3. The van der Waals surface area contributed by atoms with Crippen LogP contribution < -0.4 is 17.0 Å². The molecule has 0 radical (unpaired) electrons. The van der Waals surface area contributed by atoms with Crippen LogP contribution in [0.15, 0.2) is 11.1 Å². The van der Waals surface area contributed by atoms with Gasteiger partial charge in [0.05, 0.1) is 17.8 Å². The largest absolute Gasteiger partial charge is 0.490 e. The summed E-state index contributed by atoms with van der Waals surface area (Å²) in [5, 5.41) is 10.8. The molecule has 184 valence electrons. The van der Waals surface area contributed by atoms with Crippen molar-refractivity contribution in [2.24, 2.45) is 11.1 Å². The summed E-state index contributed by atoms with van der Waals surface area (Å²) >= 11 is 0. The molecule has 33 heavy (non-hydrogen) atoms. The van der Waals surface area contributed by atoms with Crippen molar-refractivity contribution in [1.82, 2.24) is 19.5 Å². The maximum atomic E-state index is 12.1. The monoisotopic (exact) mass is 534 g/mol. The van der Waals surface area contributed by atoms with E-state index in [1.807, 2.05) is 0 Å². The van der Waals surface area contributed by atoms with E-state index in [1.165, 1.54) is 4.57 Å². The number of aromatic amines is 1. The minimum Gasteiger partial charge on any atom is -0.388 e. The van der Waals surface area contributed by atoms with Crippen LogP contribution in [0.2, 0.25) is 0 Å². The van der Waals surface area contributed by atoms with Crippen LogP contribution in [-0.2, 0) is 31.6 Å². The highest BCUT2D eigenvalue weighted by atomic mass is 31.3. The van der Waals surface area contributed by atoms with Crippen LogP contribution in [0, 0.1) is 5.41 Å². The molecule has 3 heterocycles. The molecule has 7 atom stereocenters. The number of nitrogen functional groups attached to an aromatic ring is 1. The van der Waals surface area contributed by atoms with Gasteiger partial charge in [-0.3, -0.25) is 18.9 Å². The highest BCUT2D eigenvalue weighted by molar-refractivity contribution is 7.66. The Balaban J connectivity index is 1.54. The minimum absolute atomic E-state index is 0.0294. The lowest BCUT2D eigenvalue weighted by Gasteiger charge is -2.26. The average Bonchev–Trinajstić information content (AvgIpc) is 2.91. The zero-order valence-corrected chi connectivity index (χ0v) is 18.6. The third-order valence-corrected chi connectivity index (χ3v) is 8.89. The molecule has 10 N–H and O–H groups in total. The van der Waals surface area contributed by atoms with Crippen molar-refractivity contribution in [3.8, 4) is 0 Å². The van der Waals surface area contributed by atoms with Crippen LogP contribution in [0.4, 0.5) is 5.95 Å². The van der Waals surface area contributed by atoms with Gasteiger partial charge < -0.3 is 40.9 Å². The maximum Gasteiger partial charge on any atom is 0.490 e. The number of H-pyrrole nitrogens is 1. The first kappa shape index (κ1) is 24.6. The van der Waals surface area contributed by atoms with Gasteiger partial charge in [-0.2, -0.15) is 13.6 Å². The van der Waals surface area contributed by atoms with Crippen molar-refractivity contribution in [1.29, 1.82) is 0 Å². The summed E-state index contributed by atoms with van der Waals surface area (Å²) in [6.07, 6.45) is -4.17. The molecule has 0 amide bonds. The molecule has 2 aromatic heterocycles. The Bertz CT molecular complexity index is 1310. The Morgan fingerprint density at radius 3 is 2.45 bits per heavy atom. The van der Waals surface area contributed by atoms with Gasteiger partial charge in [0.15, 0.2) is 17.4 Å². The van der Waals surface area contributed by atoms with E-state index in [4.69, 9.17) is 30.5 Å². The molecule has 1 saturated heterocycles. The average molecular weight is 534 g/mol. The van der Waals surface area contributed by atoms with Crippen LogP contribution in [0.5, 0.6) is 0 Å². The molecule has 0 spiro atoms. The molecule has 4 rings (SSSR count). The third kappa shape index (κ3) is 4.33. The number of aliphatic hydroxyl groups excluding tert-OH is 1. The molecular formula is C11H17N6O13P3. The van der Waals surface area contributed by atoms with Crippen molar-refractivity contribution in [2.45, 2.75) is 24.5 Å². The number of anilines is 1. The second-order valence-electron chi connectivity index (χ2n) is 7.10. The first-order valence-corrected chi connectivity index (χ1v) is 13.2. The van der Waals surface area contributed by atoms with E-state index in [0.29, 0.717) is 0 Å². The van der Waals surface area contributed by atoms with E-state index in [-0.39, 0.29) is 23.7 Å². The van der Waals surface area contributed by atoms with E-state index in [0.717, 1.165) is 6.33 Å². The lowest BCUT2D eigenvalue weighted by atomic mass is 9.98. The number of hydrogen-bond acceptors (Lipinski definition) is 13. The Labute approximate surface area is 181 Å². The number of ether oxygens (including phenoxy) is 1. The predicted octanol–water partition coefficient (Wildman–Crippen LogP) is -2.37. The number of nitrogens with one attached hydrogen (secondary N) is 1. The van der Waals surface area contributed by atoms with Crippen molar-refractivity contribution < 1.29 is 56.3 Å². The molecule has 1 aliphatic heterocycles. The molecule has 3 unspecified atom stereocenters. The number of fused-ring (bicyclic) bond motifs is 2. The van der Waals surface area contributed by atoms with Gasteiger partial charge in [-0.15, -0.1) is 0 Å². The second-order valence-corrected chi connectivity index (χ2v) is 11.5. The molecular weight excluding hydrogens is 517 g/mol. The number of phosphoric ester groups is 1. The molecule has 1 saturated carbocycles. The van der Waals surface area contributed by atoms with Crippen LogP contribution in [-0.4, -0.2) is 69.1 Å². The standard InChI is InChI=1S/C11H17N6O13P3/c12-1-11-4(18)9(17-2-14-3-7(17)15-10(13)16-8(3)19)27-5(11)6(11)28-32(23,24)30-33(25,26)29-31(20,21)22/h2,4-6,9,18H,1,12H2,(H,23,24)(H,25,26)(H2,20,21,22)(H3,13,15,16,19)/t4-,5+,6?,9+,11+/m0/s1. The number of rotatable bonds is 8. The fourth-order valence-electron chi connectivity index (χ4n) is 3.71. The normalized spacial score (nSPS) is 32.9. The molecule has 22 heteroatoms. The summed E-state index contributed by atoms with van der Waals surface area (Å²) in [4.78, 5) is 58.2. The van der Waals surface area contributed by atoms with Crippen molar-refractivity contribution in [2.75, 3.05) is 12.3 Å². The summed E-state index contributed by atoms with van der Waals surface area (Å²) in [6.45, 7) is -0.363. The minimum atomic E-state index is -5.73. The first-order chi connectivity index (χ1) is 15.1. The molecule has 1 aliphatic carbocycles. The summed E-state index contributed by atoms with van der Waals surface area (Å²) in [6, 6.07) is 0. The van der Waals surface area contributed by atoms with Gasteiger partial charge in [0.2, 0.25) is 5.95 Å². The van der Waals surface area contributed by atoms with E-state index in [2.05, 4.69) is 23.6 Å². The van der Waals surface area contributed by atoms with Crippen LogP contribution in [0.3, 0.4) is 0 Å². The number of aromatic nitrogens is 4. The molecule has 0 bridgehead atoms. The lowest BCUT2D eigenvalue weighted by Crippen LogP contribution is -2.37. The smallest absolute Gasteiger partial charge is 0.388 e. The topological polar surface area (TPSA) is 305 Å². The third-order valence-electron chi connectivity index (χ3n) is 5.07. The molecule has 19 nitrogen and oxygen atoms in total. The zero-order valence-electron chi connectivity index (χ0n) is 15.9. The highest BCUT2D eigenvalue weighted by Gasteiger charge is 2.78. The molecule has 2 fully saturated rings. The number of hydrogen-bond donors (Lipinski definition) is 8. The van der Waals surface area contributed by atoms with Gasteiger partial charge in [0.25, 0.3) is 5.56 Å². The van der Waals surface area contributed by atoms with Gasteiger partial charge in [-0.1, -0.05) is 0 Å². The van der Waals surface area contributed by atoms with E-state index >= 15 is 0 Å². The zero-order chi connectivity index (χ0) is 24.6. The number of nitrogens with zero attached hydrogens (tertiary/aromatic N) is 3. The molecule has 0 aromatic carbocycles. The van der Waals surface area contributed by atoms with Crippen LogP contribution in [0.25, 0.3) is 11.2 Å². The summed E-state index contributed by atoms with van der Waals surface area (Å²) in [5.41, 5.74) is 8.97. The summed E-state index contributed by atoms with van der Waals surface area (Å²) in [5.74, 6) is -0.231. The van der Waals surface area contributed by atoms with Gasteiger partial charge in [-0.05, 0) is 0 Å². The number of nitrogens with two attached hydrogens (primary N) is 2. The van der Waals surface area contributed by atoms with Crippen LogP contribution >= 0.6 is 23.5 Å². The Hall–Kier alpha value is -1.56. The van der Waals surface area contributed by atoms with E-state index in [9.17, 15) is 33.4 Å². The fraction of sp³-hybridized carbons (Fsp3) is 0.545. The van der Waals surface area contributed by atoms with E-state index < -0.39 is 59.0 Å². The SMILES string of the molecule is NC[C@]12C(OP(=O)(O)OP(=O)(O)OP(=O)(O)O)[C@H]1O[C@@H](n1cnc3c(=O)[nH]c(N)nc31)[C@@H]2O. The molecule has 2 aliphatic rings. The van der Waals surface area contributed by atoms with Crippen LogP contribution in [0.1, 0.15) is 6.23 Å². The van der Waals surface area contributed by atoms with E-state index in [1.54, 1.807) is 0 Å². The first-order valence-electron chi connectivity index (χ1n) is 8.68. The Morgan fingerprint density at radius 1 is 1.21 bits per heavy atom. The van der Waals surface area contributed by atoms with Crippen molar-refractivity contribution in [3.05, 3.63) is 16.7 Å². The highest BCUT2D eigenvalue weighted by Crippen LogP contribution is 2.71. The maximum absolute atomic E-state index is 12.1. The lowest BCUT2D eigenvalue weighted by molar-refractivity contribution is -0.0745. The van der Waals surface area contributed by atoms with Crippen molar-refractivity contribution in [3.63, 3.8) is 0 Å². The quantitative estimate of drug-likeness (QED) is 0.164. The Kier molecular flexibility index (Phi) is 5.75. The van der Waals surface area contributed by atoms with Gasteiger partial charge in [0.1, 0.15) is 12.2 Å². The Morgan fingerprint density at radius 2 is 1.88 bits per heavy atom. The summed E-state index contributed by atoms with van der Waals surface area (Å²) in [7, 11) is -16.8. The van der Waals surface area contributed by atoms with Crippen molar-refractivity contribution >= 4 is 40.6 Å². The predicted molar refractivity (Wildman–Crippen MR) is 103 cm³/mol. The number of aliphatic hydroxyl groups is 1. The van der Waals surface area contributed by atoms with Gasteiger partial charge in [0, 0.05) is 6.54 Å². The molecule has 2 aromatic rings. The van der Waals surface area contributed by atoms with Gasteiger partial charge in [-0.25, -0.2) is 18.7 Å². The summed E-state index contributed by atoms with van der Waals surface area (Å²) < 4.78 is 53.2. The number of imidazole rings is 1. The van der Waals surface area contributed by atoms with Gasteiger partial charge >= 0.3 is 23.5 Å². The second kappa shape index (κ2) is 7.73.